The monoisotopic (exact) mass is 165 g/mol. The molecule has 0 amide bonds. The first-order valence-electron chi connectivity index (χ1n) is 3.68. The van der Waals surface area contributed by atoms with Crippen LogP contribution in [0.25, 0.3) is 0 Å². The SMILES string of the molecule is CCOc1c(N)cc(C#N)n1C. The molecule has 1 aromatic heterocycles. The van der Waals surface area contributed by atoms with Crippen molar-refractivity contribution in [3.05, 3.63) is 11.8 Å². The fraction of sp³-hybridized carbons (Fsp3) is 0.375. The number of hydrogen-bond donors (Lipinski definition) is 1. The first-order chi connectivity index (χ1) is 5.70. The molecule has 12 heavy (non-hydrogen) atoms. The van der Waals surface area contributed by atoms with Crippen LogP contribution in [0.1, 0.15) is 12.6 Å². The molecule has 64 valence electrons. The first-order valence-corrected chi connectivity index (χ1v) is 3.68. The van der Waals surface area contributed by atoms with Crippen LogP contribution < -0.4 is 10.5 Å². The van der Waals surface area contributed by atoms with E-state index in [1.165, 1.54) is 0 Å². The summed E-state index contributed by atoms with van der Waals surface area (Å²) in [5.74, 6) is 0.564. The molecular formula is C8H11N3O. The maximum atomic E-state index is 8.64. The third-order valence-corrected chi connectivity index (χ3v) is 1.60. The van der Waals surface area contributed by atoms with Gasteiger partial charge in [0.25, 0.3) is 0 Å². The second kappa shape index (κ2) is 3.18. The van der Waals surface area contributed by atoms with Crippen LogP contribution in [-0.2, 0) is 7.05 Å². The van der Waals surface area contributed by atoms with E-state index in [2.05, 4.69) is 0 Å². The van der Waals surface area contributed by atoms with Gasteiger partial charge in [0.2, 0.25) is 5.88 Å². The van der Waals surface area contributed by atoms with Crippen molar-refractivity contribution in [1.29, 1.82) is 5.26 Å². The van der Waals surface area contributed by atoms with Crippen LogP contribution in [0.3, 0.4) is 0 Å². The number of nitriles is 1. The van der Waals surface area contributed by atoms with E-state index in [1.807, 2.05) is 13.0 Å². The van der Waals surface area contributed by atoms with Crippen molar-refractivity contribution in [2.75, 3.05) is 12.3 Å². The number of anilines is 1. The topological polar surface area (TPSA) is 64.0 Å². The standard InChI is InChI=1S/C8H11N3O/c1-3-12-8-7(10)4-6(5-9)11(8)2/h4H,3,10H2,1-2H3. The zero-order valence-corrected chi connectivity index (χ0v) is 7.16. The van der Waals surface area contributed by atoms with Crippen LogP contribution in [0.4, 0.5) is 5.69 Å². The molecule has 0 aromatic carbocycles. The summed E-state index contributed by atoms with van der Waals surface area (Å²) in [7, 11) is 1.75. The van der Waals surface area contributed by atoms with Gasteiger partial charge >= 0.3 is 0 Å². The van der Waals surface area contributed by atoms with Gasteiger partial charge < -0.3 is 15.0 Å². The first kappa shape index (κ1) is 8.47. The maximum Gasteiger partial charge on any atom is 0.218 e. The summed E-state index contributed by atoms with van der Waals surface area (Å²) in [5.41, 5.74) is 6.63. The van der Waals surface area contributed by atoms with E-state index in [0.29, 0.717) is 23.9 Å². The van der Waals surface area contributed by atoms with E-state index < -0.39 is 0 Å². The lowest BCUT2D eigenvalue weighted by atomic mass is 10.4. The summed E-state index contributed by atoms with van der Waals surface area (Å²) in [6.45, 7) is 2.42. The molecule has 0 aliphatic rings. The number of ether oxygens (including phenoxy) is 1. The molecule has 1 aromatic rings. The molecule has 0 saturated heterocycles. The molecule has 0 radical (unpaired) electrons. The number of nitrogens with zero attached hydrogens (tertiary/aromatic N) is 2. The minimum Gasteiger partial charge on any atom is -0.478 e. The molecule has 0 bridgehead atoms. The highest BCUT2D eigenvalue weighted by Gasteiger charge is 2.09. The lowest BCUT2D eigenvalue weighted by Gasteiger charge is -2.04. The molecule has 0 atom stereocenters. The molecule has 4 heteroatoms. The third-order valence-electron chi connectivity index (χ3n) is 1.60. The van der Waals surface area contributed by atoms with Crippen molar-refractivity contribution < 1.29 is 4.74 Å². The molecule has 0 spiro atoms. The second-order valence-corrected chi connectivity index (χ2v) is 2.39. The van der Waals surface area contributed by atoms with E-state index >= 15 is 0 Å². The van der Waals surface area contributed by atoms with Gasteiger partial charge in [-0.1, -0.05) is 0 Å². The largest absolute Gasteiger partial charge is 0.478 e. The number of aromatic nitrogens is 1. The number of hydrogen-bond acceptors (Lipinski definition) is 3. The summed E-state index contributed by atoms with van der Waals surface area (Å²) in [4.78, 5) is 0. The predicted molar refractivity (Wildman–Crippen MR) is 45.7 cm³/mol. The Morgan fingerprint density at radius 3 is 2.83 bits per heavy atom. The van der Waals surface area contributed by atoms with Crippen LogP contribution in [0.15, 0.2) is 6.07 Å². The third kappa shape index (κ3) is 1.21. The minimum absolute atomic E-state index is 0.510. The van der Waals surface area contributed by atoms with Gasteiger partial charge in [-0.2, -0.15) is 5.26 Å². The molecule has 2 N–H and O–H groups in total. The molecule has 4 nitrogen and oxygen atoms in total. The highest BCUT2D eigenvalue weighted by Crippen LogP contribution is 2.24. The van der Waals surface area contributed by atoms with Crippen molar-refractivity contribution in [3.63, 3.8) is 0 Å². The van der Waals surface area contributed by atoms with Crippen LogP contribution >= 0.6 is 0 Å². The normalized spacial score (nSPS) is 9.42. The smallest absolute Gasteiger partial charge is 0.218 e. The molecule has 0 saturated carbocycles. The van der Waals surface area contributed by atoms with Crippen molar-refractivity contribution in [3.8, 4) is 11.9 Å². The van der Waals surface area contributed by atoms with Crippen LogP contribution in [-0.4, -0.2) is 11.2 Å². The fourth-order valence-electron chi connectivity index (χ4n) is 1.03. The molecule has 0 aliphatic heterocycles. The Hall–Kier alpha value is -1.63. The van der Waals surface area contributed by atoms with Gasteiger partial charge in [-0.3, -0.25) is 0 Å². The van der Waals surface area contributed by atoms with E-state index in [4.69, 9.17) is 15.7 Å². The van der Waals surface area contributed by atoms with Crippen LogP contribution in [0, 0.1) is 11.3 Å². The number of rotatable bonds is 2. The summed E-state index contributed by atoms with van der Waals surface area (Å²) in [6.07, 6.45) is 0. The maximum absolute atomic E-state index is 8.64. The average molecular weight is 165 g/mol. The zero-order chi connectivity index (χ0) is 9.14. The van der Waals surface area contributed by atoms with Crippen molar-refractivity contribution in [1.82, 2.24) is 4.57 Å². The fourth-order valence-corrected chi connectivity index (χ4v) is 1.03. The lowest BCUT2D eigenvalue weighted by molar-refractivity contribution is 0.317. The Bertz CT molecular complexity index is 322. The second-order valence-electron chi connectivity index (χ2n) is 2.39. The zero-order valence-electron chi connectivity index (χ0n) is 7.16. The predicted octanol–water partition coefficient (Wildman–Crippen LogP) is 0.878. The van der Waals surface area contributed by atoms with Crippen molar-refractivity contribution >= 4 is 5.69 Å². The van der Waals surface area contributed by atoms with Crippen molar-refractivity contribution in [2.24, 2.45) is 7.05 Å². The molecule has 0 aliphatic carbocycles. The Labute approximate surface area is 71.2 Å². The molecule has 0 unspecified atom stereocenters. The summed E-state index contributed by atoms with van der Waals surface area (Å²) >= 11 is 0. The highest BCUT2D eigenvalue weighted by atomic mass is 16.5. The average Bonchev–Trinajstić information content (AvgIpc) is 2.32. The highest BCUT2D eigenvalue weighted by molar-refractivity contribution is 5.54. The Kier molecular flexibility index (Phi) is 2.24. The number of nitrogen functional groups attached to an aromatic ring is 1. The van der Waals surface area contributed by atoms with Gasteiger partial charge in [0.15, 0.2) is 0 Å². The van der Waals surface area contributed by atoms with Crippen molar-refractivity contribution in [2.45, 2.75) is 6.92 Å². The molecule has 1 heterocycles. The van der Waals surface area contributed by atoms with E-state index in [9.17, 15) is 0 Å². The van der Waals surface area contributed by atoms with Gasteiger partial charge in [-0.05, 0) is 6.92 Å². The Morgan fingerprint density at radius 2 is 2.42 bits per heavy atom. The van der Waals surface area contributed by atoms with Gasteiger partial charge in [-0.15, -0.1) is 0 Å². The summed E-state index contributed by atoms with van der Waals surface area (Å²) < 4.78 is 6.87. The van der Waals surface area contributed by atoms with Gasteiger partial charge in [-0.25, -0.2) is 0 Å². The van der Waals surface area contributed by atoms with Gasteiger partial charge in [0, 0.05) is 13.1 Å². The Balaban J connectivity index is 3.12. The van der Waals surface area contributed by atoms with Gasteiger partial charge in [0.1, 0.15) is 11.8 Å². The summed E-state index contributed by atoms with van der Waals surface area (Å²) in [5, 5.41) is 8.64. The summed E-state index contributed by atoms with van der Waals surface area (Å²) in [6, 6.07) is 3.62. The van der Waals surface area contributed by atoms with Gasteiger partial charge in [0.05, 0.1) is 12.3 Å². The Morgan fingerprint density at radius 1 is 1.75 bits per heavy atom. The van der Waals surface area contributed by atoms with E-state index in [-0.39, 0.29) is 0 Å². The number of nitrogens with two attached hydrogens (primary N) is 1. The quantitative estimate of drug-likeness (QED) is 0.707. The lowest BCUT2D eigenvalue weighted by Crippen LogP contribution is -2.01. The van der Waals surface area contributed by atoms with E-state index in [1.54, 1.807) is 17.7 Å². The molecular weight excluding hydrogens is 154 g/mol. The van der Waals surface area contributed by atoms with E-state index in [0.717, 1.165) is 0 Å². The van der Waals surface area contributed by atoms with Crippen LogP contribution in [0.5, 0.6) is 5.88 Å². The van der Waals surface area contributed by atoms with Crippen LogP contribution in [0.2, 0.25) is 0 Å². The molecule has 0 fully saturated rings. The minimum atomic E-state index is 0.510. The molecule has 1 rings (SSSR count).